The van der Waals surface area contributed by atoms with E-state index in [-0.39, 0.29) is 0 Å². The van der Waals surface area contributed by atoms with Crippen LogP contribution in [0.25, 0.3) is 0 Å². The van der Waals surface area contributed by atoms with Crippen molar-refractivity contribution in [2.75, 3.05) is 12.8 Å². The lowest BCUT2D eigenvalue weighted by Crippen LogP contribution is -2.38. The van der Waals surface area contributed by atoms with Crippen molar-refractivity contribution in [2.45, 2.75) is 49.5 Å². The molecule has 1 aliphatic rings. The molecule has 0 unspecified atom stereocenters. The van der Waals surface area contributed by atoms with E-state index >= 15 is 0 Å². The van der Waals surface area contributed by atoms with Crippen molar-refractivity contribution in [2.24, 2.45) is 0 Å². The first-order chi connectivity index (χ1) is 9.27. The monoisotopic (exact) mass is 277 g/mol. The van der Waals surface area contributed by atoms with Crippen LogP contribution in [0.2, 0.25) is 0 Å². The van der Waals surface area contributed by atoms with Crippen molar-refractivity contribution in [3.05, 3.63) is 30.3 Å². The number of carbonyl (C=O) groups is 1. The largest absolute Gasteiger partial charge is 0.343 e. The summed E-state index contributed by atoms with van der Waals surface area (Å²) in [5, 5.41) is 0. The molecule has 0 spiro atoms. The first-order valence-corrected chi connectivity index (χ1v) is 8.19. The quantitative estimate of drug-likeness (QED) is 0.759. The van der Waals surface area contributed by atoms with Gasteiger partial charge in [0.15, 0.2) is 0 Å². The van der Waals surface area contributed by atoms with Gasteiger partial charge in [0.25, 0.3) is 0 Å². The number of nitrogens with zero attached hydrogens (tertiary/aromatic N) is 1. The minimum Gasteiger partial charge on any atom is -0.343 e. The molecule has 0 heterocycles. The number of amides is 1. The van der Waals surface area contributed by atoms with E-state index in [2.05, 4.69) is 12.1 Å². The summed E-state index contributed by atoms with van der Waals surface area (Å²) in [6.45, 7) is 0. The topological polar surface area (TPSA) is 20.3 Å². The summed E-state index contributed by atoms with van der Waals surface area (Å²) in [6.07, 6.45) is 6.92. The summed E-state index contributed by atoms with van der Waals surface area (Å²) < 4.78 is 0. The highest BCUT2D eigenvalue weighted by molar-refractivity contribution is 7.99. The summed E-state index contributed by atoms with van der Waals surface area (Å²) in [7, 11) is 1.98. The van der Waals surface area contributed by atoms with E-state index in [1.54, 1.807) is 11.8 Å². The lowest BCUT2D eigenvalue weighted by molar-refractivity contribution is -0.132. The normalized spacial score (nSPS) is 16.3. The Labute approximate surface area is 120 Å². The van der Waals surface area contributed by atoms with Crippen LogP contribution < -0.4 is 0 Å². The highest BCUT2D eigenvalue weighted by atomic mass is 32.2. The summed E-state index contributed by atoms with van der Waals surface area (Å²) >= 11 is 1.77. The van der Waals surface area contributed by atoms with Crippen molar-refractivity contribution < 1.29 is 4.79 Å². The van der Waals surface area contributed by atoms with Gasteiger partial charge in [-0.25, -0.2) is 0 Å². The Morgan fingerprint density at radius 3 is 2.58 bits per heavy atom. The van der Waals surface area contributed by atoms with Gasteiger partial charge in [0.1, 0.15) is 0 Å². The second-order valence-corrected chi connectivity index (χ2v) is 6.38. The van der Waals surface area contributed by atoms with Crippen LogP contribution in [-0.2, 0) is 4.79 Å². The fourth-order valence-corrected chi connectivity index (χ4v) is 3.48. The Kier molecular flexibility index (Phi) is 5.77. The van der Waals surface area contributed by atoms with Gasteiger partial charge in [-0.05, 0) is 25.0 Å². The fourth-order valence-electron chi connectivity index (χ4n) is 2.62. The molecule has 0 atom stereocenters. The van der Waals surface area contributed by atoms with Crippen molar-refractivity contribution in [3.8, 4) is 0 Å². The molecule has 19 heavy (non-hydrogen) atoms. The molecule has 1 aliphatic carbocycles. The van der Waals surface area contributed by atoms with Crippen LogP contribution in [-0.4, -0.2) is 29.6 Å². The number of hydrogen-bond acceptors (Lipinski definition) is 2. The molecule has 104 valence electrons. The zero-order valence-corrected chi connectivity index (χ0v) is 12.5. The molecule has 2 rings (SSSR count). The van der Waals surface area contributed by atoms with Crippen LogP contribution in [0.4, 0.5) is 0 Å². The molecule has 2 nitrogen and oxygen atoms in total. The summed E-state index contributed by atoms with van der Waals surface area (Å²) in [5.74, 6) is 1.18. The summed E-state index contributed by atoms with van der Waals surface area (Å²) in [4.78, 5) is 15.4. The Hall–Kier alpha value is -0.960. The highest BCUT2D eigenvalue weighted by Gasteiger charge is 2.21. The third-order valence-electron chi connectivity index (χ3n) is 3.84. The highest BCUT2D eigenvalue weighted by Crippen LogP contribution is 2.23. The first kappa shape index (κ1) is 14.4. The van der Waals surface area contributed by atoms with E-state index in [1.165, 1.54) is 37.0 Å². The van der Waals surface area contributed by atoms with Crippen LogP contribution in [0.15, 0.2) is 35.2 Å². The number of rotatable bonds is 5. The molecule has 0 aromatic heterocycles. The van der Waals surface area contributed by atoms with E-state index in [1.807, 2.05) is 30.1 Å². The molecule has 0 saturated heterocycles. The second-order valence-electron chi connectivity index (χ2n) is 5.21. The molecular weight excluding hydrogens is 254 g/mol. The van der Waals surface area contributed by atoms with E-state index in [0.29, 0.717) is 18.4 Å². The maximum atomic E-state index is 12.1. The fraction of sp³-hybridized carbons (Fsp3) is 0.562. The first-order valence-electron chi connectivity index (χ1n) is 7.21. The Morgan fingerprint density at radius 2 is 1.89 bits per heavy atom. The maximum absolute atomic E-state index is 12.1. The zero-order chi connectivity index (χ0) is 13.5. The minimum atomic E-state index is 0.301. The maximum Gasteiger partial charge on any atom is 0.223 e. The molecule has 1 amide bonds. The molecular formula is C16H23NOS. The van der Waals surface area contributed by atoms with Gasteiger partial charge in [-0.3, -0.25) is 4.79 Å². The van der Waals surface area contributed by atoms with Crippen molar-refractivity contribution >= 4 is 17.7 Å². The third-order valence-corrected chi connectivity index (χ3v) is 4.86. The van der Waals surface area contributed by atoms with Gasteiger partial charge in [-0.2, -0.15) is 0 Å². The minimum absolute atomic E-state index is 0.301. The predicted octanol–water partition coefficient (Wildman–Crippen LogP) is 3.96. The molecule has 1 aromatic carbocycles. The van der Waals surface area contributed by atoms with E-state index in [9.17, 15) is 4.79 Å². The Balaban J connectivity index is 1.71. The third kappa shape index (κ3) is 4.57. The molecule has 0 bridgehead atoms. The Morgan fingerprint density at radius 1 is 1.21 bits per heavy atom. The Bertz CT molecular complexity index is 387. The zero-order valence-electron chi connectivity index (χ0n) is 11.7. The molecule has 3 heteroatoms. The van der Waals surface area contributed by atoms with Crippen LogP contribution >= 0.6 is 11.8 Å². The van der Waals surface area contributed by atoms with Crippen LogP contribution in [0.5, 0.6) is 0 Å². The van der Waals surface area contributed by atoms with Crippen LogP contribution in [0, 0.1) is 0 Å². The standard InChI is InChI=1S/C16H23NOS/c1-17(14-8-4-2-5-9-14)16(18)12-13-19-15-10-6-3-7-11-15/h3,6-7,10-11,14H,2,4-5,8-9,12-13H2,1H3. The molecule has 1 fully saturated rings. The molecule has 0 radical (unpaired) electrons. The van der Waals surface area contributed by atoms with E-state index in [4.69, 9.17) is 0 Å². The van der Waals surface area contributed by atoms with Crippen LogP contribution in [0.1, 0.15) is 38.5 Å². The van der Waals surface area contributed by atoms with Crippen molar-refractivity contribution in [1.82, 2.24) is 4.90 Å². The number of thioether (sulfide) groups is 1. The predicted molar refractivity (Wildman–Crippen MR) is 81.4 cm³/mol. The molecule has 1 aromatic rings. The van der Waals surface area contributed by atoms with E-state index in [0.717, 1.165) is 5.75 Å². The number of hydrogen-bond donors (Lipinski definition) is 0. The second kappa shape index (κ2) is 7.59. The van der Waals surface area contributed by atoms with Crippen molar-refractivity contribution in [3.63, 3.8) is 0 Å². The van der Waals surface area contributed by atoms with Gasteiger partial charge in [0.2, 0.25) is 5.91 Å². The van der Waals surface area contributed by atoms with Gasteiger partial charge in [0.05, 0.1) is 0 Å². The SMILES string of the molecule is CN(C(=O)CCSc1ccccc1)C1CCCCC1. The molecule has 1 saturated carbocycles. The summed E-state index contributed by atoms with van der Waals surface area (Å²) in [6, 6.07) is 10.8. The smallest absolute Gasteiger partial charge is 0.223 e. The van der Waals surface area contributed by atoms with Gasteiger partial charge in [0, 0.05) is 30.2 Å². The van der Waals surface area contributed by atoms with Gasteiger partial charge in [-0.15, -0.1) is 11.8 Å². The van der Waals surface area contributed by atoms with Gasteiger partial charge < -0.3 is 4.90 Å². The average Bonchev–Trinajstić information content (AvgIpc) is 2.48. The lowest BCUT2D eigenvalue weighted by atomic mass is 9.94. The van der Waals surface area contributed by atoms with E-state index < -0.39 is 0 Å². The van der Waals surface area contributed by atoms with Gasteiger partial charge in [-0.1, -0.05) is 37.5 Å². The average molecular weight is 277 g/mol. The molecule has 0 aliphatic heterocycles. The van der Waals surface area contributed by atoms with Gasteiger partial charge >= 0.3 is 0 Å². The summed E-state index contributed by atoms with van der Waals surface area (Å²) in [5.41, 5.74) is 0. The lowest BCUT2D eigenvalue weighted by Gasteiger charge is -2.31. The van der Waals surface area contributed by atoms with Crippen molar-refractivity contribution in [1.29, 1.82) is 0 Å². The number of benzene rings is 1. The number of carbonyl (C=O) groups excluding carboxylic acids is 1. The van der Waals surface area contributed by atoms with Crippen LogP contribution in [0.3, 0.4) is 0 Å². The molecule has 0 N–H and O–H groups in total.